The lowest BCUT2D eigenvalue weighted by Gasteiger charge is -2.30. The van der Waals surface area contributed by atoms with Crippen LogP contribution in [0.4, 0.5) is 17.1 Å². The minimum atomic E-state index is 1.08. The van der Waals surface area contributed by atoms with Crippen molar-refractivity contribution in [1.29, 1.82) is 0 Å². The van der Waals surface area contributed by atoms with Crippen LogP contribution in [0.1, 0.15) is 0 Å². The maximum atomic E-state index is 2.43. The molecule has 0 aliphatic heterocycles. The molecule has 0 aliphatic rings. The van der Waals surface area contributed by atoms with Gasteiger partial charge in [-0.2, -0.15) is 0 Å². The van der Waals surface area contributed by atoms with Crippen LogP contribution >= 0.6 is 0 Å². The predicted octanol–water partition coefficient (Wildman–Crippen LogP) is 17.0. The van der Waals surface area contributed by atoms with E-state index in [1.165, 1.54) is 88.0 Å². The van der Waals surface area contributed by atoms with Crippen LogP contribution in [0.2, 0.25) is 0 Å². The molecule has 0 bridgehead atoms. The van der Waals surface area contributed by atoms with E-state index in [1.807, 2.05) is 0 Å². The number of rotatable bonds is 8. The number of nitrogens with zero attached hydrogens (tertiary/aromatic N) is 1. The smallest absolute Gasteiger partial charge is 0.0546 e. The van der Waals surface area contributed by atoms with Gasteiger partial charge >= 0.3 is 0 Å². The Hall–Kier alpha value is -8.00. The van der Waals surface area contributed by atoms with Gasteiger partial charge in [0, 0.05) is 16.9 Å². The van der Waals surface area contributed by atoms with Crippen molar-refractivity contribution in [3.05, 3.63) is 249 Å². The van der Waals surface area contributed by atoms with Crippen LogP contribution < -0.4 is 4.90 Å². The van der Waals surface area contributed by atoms with Crippen molar-refractivity contribution in [3.8, 4) is 55.6 Å². The number of hydrogen-bond acceptors (Lipinski definition) is 1. The summed E-state index contributed by atoms with van der Waals surface area (Å²) in [5.41, 5.74) is 15.1. The van der Waals surface area contributed by atoms with Gasteiger partial charge in [-0.25, -0.2) is 0 Å². The molecule has 11 rings (SSSR count). The van der Waals surface area contributed by atoms with Crippen molar-refractivity contribution in [2.75, 3.05) is 4.90 Å². The predicted molar refractivity (Wildman–Crippen MR) is 261 cm³/mol. The lowest BCUT2D eigenvalue weighted by atomic mass is 9.87. The first kappa shape index (κ1) is 36.1. The van der Waals surface area contributed by atoms with Gasteiger partial charge in [0.1, 0.15) is 0 Å². The van der Waals surface area contributed by atoms with Crippen LogP contribution in [0, 0.1) is 0 Å². The molecule has 0 aromatic heterocycles. The summed E-state index contributed by atoms with van der Waals surface area (Å²) in [6, 6.07) is 90.6. The molecule has 11 aromatic carbocycles. The van der Waals surface area contributed by atoms with Crippen molar-refractivity contribution in [2.45, 2.75) is 0 Å². The molecule has 1 nitrogen and oxygen atoms in total. The Morgan fingerprint density at radius 2 is 0.689 bits per heavy atom. The van der Waals surface area contributed by atoms with Crippen molar-refractivity contribution in [2.24, 2.45) is 0 Å². The van der Waals surface area contributed by atoms with Crippen molar-refractivity contribution in [1.82, 2.24) is 0 Å². The van der Waals surface area contributed by atoms with Gasteiger partial charge in [-0.3, -0.25) is 0 Å². The minimum absolute atomic E-state index is 1.08. The largest absolute Gasteiger partial charge is 0.310 e. The number of anilines is 3. The third kappa shape index (κ3) is 6.83. The maximum absolute atomic E-state index is 2.43. The lowest BCUT2D eigenvalue weighted by Crippen LogP contribution is -2.12. The van der Waals surface area contributed by atoms with Crippen LogP contribution in [0.15, 0.2) is 249 Å². The highest BCUT2D eigenvalue weighted by Crippen LogP contribution is 2.48. The van der Waals surface area contributed by atoms with Crippen LogP contribution in [-0.4, -0.2) is 0 Å². The van der Waals surface area contributed by atoms with E-state index >= 15 is 0 Å². The monoisotopic (exact) mass is 775 g/mol. The van der Waals surface area contributed by atoms with Gasteiger partial charge in [-0.05, 0) is 125 Å². The van der Waals surface area contributed by atoms with Gasteiger partial charge in [-0.1, -0.05) is 206 Å². The van der Waals surface area contributed by atoms with E-state index in [0.717, 1.165) is 17.1 Å². The Labute approximate surface area is 357 Å². The minimum Gasteiger partial charge on any atom is -0.310 e. The first-order chi connectivity index (χ1) is 30.2. The second-order valence-corrected chi connectivity index (χ2v) is 15.7. The highest BCUT2D eigenvalue weighted by molar-refractivity contribution is 6.08. The molecule has 1 heteroatoms. The summed E-state index contributed by atoms with van der Waals surface area (Å²) < 4.78 is 0. The molecule has 61 heavy (non-hydrogen) atoms. The molecule has 0 spiro atoms. The molecule has 0 unspecified atom stereocenters. The lowest BCUT2D eigenvalue weighted by molar-refractivity contribution is 1.28. The third-order valence-corrected chi connectivity index (χ3v) is 12.1. The molecule has 0 N–H and O–H groups in total. The second-order valence-electron chi connectivity index (χ2n) is 15.7. The molecular formula is C60H41N. The Morgan fingerprint density at radius 3 is 1.38 bits per heavy atom. The third-order valence-electron chi connectivity index (χ3n) is 12.1. The SMILES string of the molecule is c1ccc(-c2ccccc2-c2c(-c3ccccc3)cccc2N(c2ccc(-c3ccc4ccccc4c3)cc2)c2ccc(-c3ccc4c(ccc5ccccc54)c3)cc2)cc1. The van der Waals surface area contributed by atoms with Crippen LogP contribution in [-0.2, 0) is 0 Å². The standard InChI is InChI=1S/C60H41N/c1-3-15-45(16-4-1)55-22-11-12-23-58(55)60-57(46-17-5-2-6-18-46)24-13-25-59(60)61(52-35-30-43(31-36-52)49-28-26-42-14-7-8-20-48(42)40-49)53-37-32-44(33-38-53)50-34-39-56-51(41-50)29-27-47-19-9-10-21-54(47)56/h1-41H. The Kier molecular flexibility index (Phi) is 9.26. The van der Waals surface area contributed by atoms with Gasteiger partial charge in [0.2, 0.25) is 0 Å². The first-order valence-electron chi connectivity index (χ1n) is 21.0. The summed E-state index contributed by atoms with van der Waals surface area (Å²) in [6.45, 7) is 0. The van der Waals surface area contributed by atoms with Gasteiger partial charge < -0.3 is 4.90 Å². The molecule has 286 valence electrons. The molecule has 0 saturated heterocycles. The fourth-order valence-electron chi connectivity index (χ4n) is 9.03. The first-order valence-corrected chi connectivity index (χ1v) is 21.0. The zero-order chi connectivity index (χ0) is 40.5. The molecule has 0 heterocycles. The van der Waals surface area contributed by atoms with E-state index in [4.69, 9.17) is 0 Å². The fraction of sp³-hybridized carbons (Fsp3) is 0. The Balaban J connectivity index is 1.09. The van der Waals surface area contributed by atoms with E-state index < -0.39 is 0 Å². The van der Waals surface area contributed by atoms with Gasteiger partial charge in [0.05, 0.1) is 5.69 Å². The summed E-state index contributed by atoms with van der Waals surface area (Å²) in [5.74, 6) is 0. The summed E-state index contributed by atoms with van der Waals surface area (Å²) in [5, 5.41) is 7.55. The van der Waals surface area contributed by atoms with Crippen molar-refractivity contribution >= 4 is 49.4 Å². The van der Waals surface area contributed by atoms with Crippen molar-refractivity contribution in [3.63, 3.8) is 0 Å². The number of fused-ring (bicyclic) bond motifs is 4. The molecule has 0 atom stereocenters. The van der Waals surface area contributed by atoms with Crippen LogP contribution in [0.5, 0.6) is 0 Å². The molecule has 0 aliphatic carbocycles. The summed E-state index contributed by atoms with van der Waals surface area (Å²) in [6.07, 6.45) is 0. The zero-order valence-electron chi connectivity index (χ0n) is 33.6. The quantitative estimate of drug-likeness (QED) is 0.139. The molecule has 0 saturated carbocycles. The fourth-order valence-corrected chi connectivity index (χ4v) is 9.03. The Bertz CT molecular complexity index is 3330. The highest BCUT2D eigenvalue weighted by Gasteiger charge is 2.23. The van der Waals surface area contributed by atoms with E-state index in [2.05, 4.69) is 254 Å². The van der Waals surface area contributed by atoms with Gasteiger partial charge in [-0.15, -0.1) is 0 Å². The molecule has 0 radical (unpaired) electrons. The molecule has 0 fully saturated rings. The van der Waals surface area contributed by atoms with Crippen molar-refractivity contribution < 1.29 is 0 Å². The maximum Gasteiger partial charge on any atom is 0.0546 e. The van der Waals surface area contributed by atoms with Gasteiger partial charge in [0.15, 0.2) is 0 Å². The van der Waals surface area contributed by atoms with E-state index in [1.54, 1.807) is 0 Å². The number of hydrogen-bond donors (Lipinski definition) is 0. The van der Waals surface area contributed by atoms with Crippen LogP contribution in [0.3, 0.4) is 0 Å². The zero-order valence-corrected chi connectivity index (χ0v) is 33.6. The van der Waals surface area contributed by atoms with E-state index in [0.29, 0.717) is 0 Å². The summed E-state index contributed by atoms with van der Waals surface area (Å²) in [4.78, 5) is 2.43. The van der Waals surface area contributed by atoms with E-state index in [-0.39, 0.29) is 0 Å². The molecule has 0 amide bonds. The molecular weight excluding hydrogens is 735 g/mol. The topological polar surface area (TPSA) is 3.24 Å². The summed E-state index contributed by atoms with van der Waals surface area (Å²) >= 11 is 0. The summed E-state index contributed by atoms with van der Waals surface area (Å²) in [7, 11) is 0. The second kappa shape index (κ2) is 15.6. The van der Waals surface area contributed by atoms with E-state index in [9.17, 15) is 0 Å². The average Bonchev–Trinajstić information content (AvgIpc) is 3.34. The van der Waals surface area contributed by atoms with Gasteiger partial charge in [0.25, 0.3) is 0 Å². The Morgan fingerprint density at radius 1 is 0.230 bits per heavy atom. The highest BCUT2D eigenvalue weighted by atomic mass is 15.1. The molecule has 11 aromatic rings. The van der Waals surface area contributed by atoms with Crippen LogP contribution in [0.25, 0.3) is 88.0 Å². The average molecular weight is 776 g/mol. The number of benzene rings is 11. The normalized spacial score (nSPS) is 11.3.